The Morgan fingerprint density at radius 1 is 1.53 bits per heavy atom. The molecule has 0 aliphatic rings. The number of hydrogen-bond acceptors (Lipinski definition) is 5. The Bertz CT molecular complexity index is 190. The van der Waals surface area contributed by atoms with Gasteiger partial charge >= 0.3 is 5.97 Å². The first-order valence-electron chi connectivity index (χ1n) is 4.38. The van der Waals surface area contributed by atoms with E-state index in [9.17, 15) is 4.79 Å². The molecule has 7 nitrogen and oxygen atoms in total. The normalized spacial score (nSPS) is 12.1. The zero-order chi connectivity index (χ0) is 10.8. The first-order valence-corrected chi connectivity index (χ1v) is 4.38. The second-order valence-corrected chi connectivity index (χ2v) is 2.71. The highest BCUT2D eigenvalue weighted by atomic mass is 35.5. The maximum Gasteiger partial charge on any atom is 0.328 e. The average Bonchev–Trinajstić information content (AvgIpc) is 2.15. The van der Waals surface area contributed by atoms with Gasteiger partial charge in [-0.05, 0) is 25.8 Å². The molecule has 90 valence electrons. The maximum absolute atomic E-state index is 10.7. The third-order valence-corrected chi connectivity index (χ3v) is 1.62. The van der Waals surface area contributed by atoms with E-state index in [-0.39, 0.29) is 12.4 Å². The molecule has 0 aromatic heterocycles. The molecular formula is C7H18ClN5O2. The van der Waals surface area contributed by atoms with E-state index < -0.39 is 12.0 Å². The lowest BCUT2D eigenvalue weighted by atomic mass is 10.1. The van der Waals surface area contributed by atoms with Gasteiger partial charge in [0.2, 0.25) is 0 Å². The monoisotopic (exact) mass is 239 g/mol. The number of carbonyl (C=O) groups is 1. The van der Waals surface area contributed by atoms with Crippen molar-refractivity contribution in [3.8, 4) is 0 Å². The number of halogens is 1. The molecule has 8 heteroatoms. The Labute approximate surface area is 94.7 Å². The molecule has 0 bridgehead atoms. The lowest BCUT2D eigenvalue weighted by Gasteiger charge is -2.06. The average molecular weight is 240 g/mol. The zero-order valence-electron chi connectivity index (χ0n) is 8.35. The fraction of sp³-hybridized carbons (Fsp3) is 0.714. The van der Waals surface area contributed by atoms with Crippen molar-refractivity contribution >= 4 is 24.7 Å². The van der Waals surface area contributed by atoms with Crippen molar-refractivity contribution in [1.29, 1.82) is 0 Å². The minimum absolute atomic E-state index is 0. The minimum Gasteiger partial charge on any atom is -0.480 e. The van der Waals surface area contributed by atoms with Crippen molar-refractivity contribution in [1.82, 2.24) is 11.0 Å². The number of nitrogens with two attached hydrogens (primary N) is 2. The number of aliphatic imine (C=N–C) groups is 1. The van der Waals surface area contributed by atoms with Crippen molar-refractivity contribution in [3.63, 3.8) is 0 Å². The van der Waals surface area contributed by atoms with Gasteiger partial charge < -0.3 is 10.8 Å². The predicted octanol–water partition coefficient (Wildman–Crippen LogP) is -1.01. The number of aliphatic carboxylic acids is 1. The molecule has 0 aliphatic heterocycles. The molecule has 0 saturated carbocycles. The molecule has 0 fully saturated rings. The molecule has 15 heavy (non-hydrogen) atoms. The third kappa shape index (κ3) is 9.42. The number of rotatable bonds is 8. The second kappa shape index (κ2) is 11.2. The van der Waals surface area contributed by atoms with Gasteiger partial charge in [-0.2, -0.15) is 5.53 Å². The number of nitrogens with zero attached hydrogens (tertiary/aromatic N) is 1. The van der Waals surface area contributed by atoms with Gasteiger partial charge in [0, 0.05) is 0 Å². The molecule has 0 amide bonds. The summed E-state index contributed by atoms with van der Waals surface area (Å²) in [6.07, 6.45) is 3.26. The van der Waals surface area contributed by atoms with Gasteiger partial charge in [0.25, 0.3) is 0 Å². The number of hydrogen-bond donors (Lipinski definition) is 5. The third-order valence-electron chi connectivity index (χ3n) is 1.62. The topological polar surface area (TPSA) is 126 Å². The molecule has 0 radical (unpaired) electrons. The summed E-state index contributed by atoms with van der Waals surface area (Å²) in [5.41, 5.74) is 9.78. The van der Waals surface area contributed by atoms with E-state index in [1.54, 1.807) is 0 Å². The SMILES string of the molecule is Cl.NCCCCC(N=CNNN)C(=O)O. The summed E-state index contributed by atoms with van der Waals surface area (Å²) < 4.78 is 0. The largest absolute Gasteiger partial charge is 0.480 e. The fourth-order valence-corrected chi connectivity index (χ4v) is 0.908. The number of hydrazine groups is 2. The summed E-state index contributed by atoms with van der Waals surface area (Å²) >= 11 is 0. The summed E-state index contributed by atoms with van der Waals surface area (Å²) in [5.74, 6) is 3.95. The van der Waals surface area contributed by atoms with Crippen molar-refractivity contribution in [2.45, 2.75) is 25.3 Å². The van der Waals surface area contributed by atoms with E-state index in [4.69, 9.17) is 16.7 Å². The van der Waals surface area contributed by atoms with E-state index in [0.717, 1.165) is 12.8 Å². The van der Waals surface area contributed by atoms with Crippen LogP contribution in [-0.2, 0) is 4.79 Å². The van der Waals surface area contributed by atoms with Crippen LogP contribution >= 0.6 is 12.4 Å². The highest BCUT2D eigenvalue weighted by molar-refractivity contribution is 5.85. The Hall–Kier alpha value is -0.890. The van der Waals surface area contributed by atoms with Crippen LogP contribution in [0.25, 0.3) is 0 Å². The standard InChI is InChI=1S/C7H17N5O2.ClH/c8-4-2-1-3-6(7(13)14)10-5-11-12-9;/h5-6,12H,1-4,8-9H2,(H,10,11)(H,13,14);1H. The van der Waals surface area contributed by atoms with Crippen LogP contribution in [0.3, 0.4) is 0 Å². The maximum atomic E-state index is 10.7. The number of carboxylic acid groups (broad SMARTS) is 1. The minimum atomic E-state index is -0.947. The number of nitrogens with one attached hydrogen (secondary N) is 2. The molecule has 1 unspecified atom stereocenters. The molecule has 0 spiro atoms. The highest BCUT2D eigenvalue weighted by Gasteiger charge is 2.13. The Morgan fingerprint density at radius 3 is 2.67 bits per heavy atom. The van der Waals surface area contributed by atoms with Crippen LogP contribution < -0.4 is 22.5 Å². The molecule has 0 aromatic carbocycles. The van der Waals surface area contributed by atoms with E-state index in [1.165, 1.54) is 6.34 Å². The summed E-state index contributed by atoms with van der Waals surface area (Å²) in [5, 5.41) is 8.75. The molecule has 0 saturated heterocycles. The first kappa shape index (κ1) is 16.5. The van der Waals surface area contributed by atoms with E-state index >= 15 is 0 Å². The Balaban J connectivity index is 0. The highest BCUT2D eigenvalue weighted by Crippen LogP contribution is 2.03. The van der Waals surface area contributed by atoms with Crippen LogP contribution in [0.2, 0.25) is 0 Å². The smallest absolute Gasteiger partial charge is 0.328 e. The van der Waals surface area contributed by atoms with Crippen molar-refractivity contribution in [3.05, 3.63) is 0 Å². The van der Waals surface area contributed by atoms with Crippen LogP contribution in [0.15, 0.2) is 4.99 Å². The Kier molecular flexibility index (Phi) is 12.3. The van der Waals surface area contributed by atoms with Crippen LogP contribution in [0.5, 0.6) is 0 Å². The van der Waals surface area contributed by atoms with Crippen LogP contribution in [0, 0.1) is 0 Å². The molecular weight excluding hydrogens is 222 g/mol. The van der Waals surface area contributed by atoms with Crippen molar-refractivity contribution < 1.29 is 9.90 Å². The van der Waals surface area contributed by atoms with Gasteiger partial charge in [0.1, 0.15) is 6.04 Å². The molecule has 1 atom stereocenters. The zero-order valence-corrected chi connectivity index (χ0v) is 9.17. The van der Waals surface area contributed by atoms with E-state index in [0.29, 0.717) is 13.0 Å². The Morgan fingerprint density at radius 2 is 2.20 bits per heavy atom. The van der Waals surface area contributed by atoms with E-state index in [2.05, 4.69) is 16.0 Å². The van der Waals surface area contributed by atoms with Gasteiger partial charge in [0.15, 0.2) is 0 Å². The summed E-state index contributed by atoms with van der Waals surface area (Å²) in [7, 11) is 0. The van der Waals surface area contributed by atoms with Gasteiger partial charge in [-0.1, -0.05) is 0 Å². The molecule has 0 heterocycles. The quantitative estimate of drug-likeness (QED) is 0.121. The molecule has 7 N–H and O–H groups in total. The van der Waals surface area contributed by atoms with Crippen LogP contribution in [0.1, 0.15) is 19.3 Å². The van der Waals surface area contributed by atoms with Crippen LogP contribution in [-0.4, -0.2) is 30.0 Å². The van der Waals surface area contributed by atoms with Gasteiger partial charge in [-0.3, -0.25) is 16.3 Å². The van der Waals surface area contributed by atoms with Gasteiger partial charge in [-0.15, -0.1) is 12.4 Å². The number of unbranched alkanes of at least 4 members (excludes halogenated alkanes) is 1. The molecule has 0 rings (SSSR count). The van der Waals surface area contributed by atoms with Crippen molar-refractivity contribution in [2.75, 3.05) is 6.54 Å². The molecule has 0 aliphatic carbocycles. The lowest BCUT2D eigenvalue weighted by Crippen LogP contribution is -2.37. The predicted molar refractivity (Wildman–Crippen MR) is 60.5 cm³/mol. The summed E-state index contributed by atoms with van der Waals surface area (Å²) in [4.78, 5) is 14.4. The van der Waals surface area contributed by atoms with Crippen LogP contribution in [0.4, 0.5) is 0 Å². The first-order chi connectivity index (χ1) is 6.72. The van der Waals surface area contributed by atoms with Gasteiger partial charge in [0.05, 0.1) is 6.34 Å². The fourth-order valence-electron chi connectivity index (χ4n) is 0.908. The lowest BCUT2D eigenvalue weighted by molar-refractivity contribution is -0.138. The summed E-state index contributed by atoms with van der Waals surface area (Å²) in [6, 6.07) is -0.734. The molecule has 0 aromatic rings. The number of carboxylic acids is 1. The summed E-state index contributed by atoms with van der Waals surface area (Å²) in [6.45, 7) is 0.568. The second-order valence-electron chi connectivity index (χ2n) is 2.71. The van der Waals surface area contributed by atoms with E-state index in [1.807, 2.05) is 0 Å². The van der Waals surface area contributed by atoms with Gasteiger partial charge in [-0.25, -0.2) is 4.79 Å². The van der Waals surface area contributed by atoms with Crippen molar-refractivity contribution in [2.24, 2.45) is 16.6 Å².